The zero-order chi connectivity index (χ0) is 15.7. The van der Waals surface area contributed by atoms with E-state index in [1.54, 1.807) is 22.6 Å². The molecule has 5 nitrogen and oxygen atoms in total. The van der Waals surface area contributed by atoms with Gasteiger partial charge in [0.05, 0.1) is 14.3 Å². The van der Waals surface area contributed by atoms with Crippen molar-refractivity contribution >= 4 is 61.0 Å². The third kappa shape index (κ3) is 3.62. The minimum atomic E-state index is -3.65. The van der Waals surface area contributed by atoms with Crippen molar-refractivity contribution in [3.05, 3.63) is 26.5 Å². The Hall–Kier alpha value is 0.0300. The zero-order valence-electron chi connectivity index (χ0n) is 10.5. The molecule has 2 unspecified atom stereocenters. The van der Waals surface area contributed by atoms with Crippen molar-refractivity contribution in [3.63, 3.8) is 0 Å². The van der Waals surface area contributed by atoms with Crippen molar-refractivity contribution in [3.8, 4) is 0 Å². The third-order valence-electron chi connectivity index (χ3n) is 2.67. The maximum atomic E-state index is 13.3. The molecule has 1 aromatic rings. The fraction of sp³-hybridized carbons (Fsp3) is 0.400. The van der Waals surface area contributed by atoms with Crippen molar-refractivity contribution in [1.82, 2.24) is 0 Å². The second-order valence-electron chi connectivity index (χ2n) is 3.79. The molecule has 0 bridgehead atoms. The number of sulfone groups is 1. The lowest BCUT2D eigenvalue weighted by Crippen LogP contribution is -2.41. The van der Waals surface area contributed by atoms with E-state index in [0.29, 0.717) is 4.31 Å². The summed E-state index contributed by atoms with van der Waals surface area (Å²) in [6.07, 6.45) is 0. The number of hydrogen-bond acceptors (Lipinski definition) is 4. The van der Waals surface area contributed by atoms with Crippen LogP contribution >= 0.6 is 34.2 Å². The van der Waals surface area contributed by atoms with Crippen LogP contribution < -0.4 is 4.31 Å². The number of anilines is 1. The van der Waals surface area contributed by atoms with E-state index in [9.17, 15) is 21.6 Å². The first kappa shape index (κ1) is 18.1. The molecule has 0 spiro atoms. The van der Waals surface area contributed by atoms with E-state index in [2.05, 4.69) is 0 Å². The Bertz CT molecular complexity index is 640. The van der Waals surface area contributed by atoms with Crippen LogP contribution in [0.2, 0.25) is 5.02 Å². The Kier molecular flexibility index (Phi) is 6.20. The molecular formula is C10H11ClFINO4S2-. The first-order valence-corrected chi connectivity index (χ1v) is 9.57. The Morgan fingerprint density at radius 1 is 1.55 bits per heavy atom. The van der Waals surface area contributed by atoms with Crippen molar-refractivity contribution in [1.29, 1.82) is 0 Å². The molecule has 0 heterocycles. The molecule has 0 amide bonds. The van der Waals surface area contributed by atoms with Gasteiger partial charge in [-0.3, -0.25) is 8.51 Å². The summed E-state index contributed by atoms with van der Waals surface area (Å²) in [4.78, 5) is 0. The molecule has 0 saturated carbocycles. The largest absolute Gasteiger partial charge is 0.755 e. The van der Waals surface area contributed by atoms with Crippen LogP contribution in [0.25, 0.3) is 0 Å². The quantitative estimate of drug-likeness (QED) is 0.389. The van der Waals surface area contributed by atoms with Crippen LogP contribution in [0.3, 0.4) is 0 Å². The Morgan fingerprint density at radius 3 is 2.55 bits per heavy atom. The molecule has 1 rings (SSSR count). The van der Waals surface area contributed by atoms with E-state index in [-0.39, 0.29) is 20.0 Å². The predicted octanol–water partition coefficient (Wildman–Crippen LogP) is 2.46. The second kappa shape index (κ2) is 6.86. The Labute approximate surface area is 138 Å². The van der Waals surface area contributed by atoms with Crippen molar-refractivity contribution in [2.75, 3.05) is 10.1 Å². The van der Waals surface area contributed by atoms with Crippen LogP contribution in [-0.2, 0) is 21.1 Å². The fourth-order valence-corrected chi connectivity index (χ4v) is 4.27. The molecule has 1 aromatic carbocycles. The summed E-state index contributed by atoms with van der Waals surface area (Å²) in [5.41, 5.74) is -0.0738. The van der Waals surface area contributed by atoms with Crippen molar-refractivity contribution in [2.45, 2.75) is 19.2 Å². The van der Waals surface area contributed by atoms with Crippen LogP contribution in [0.5, 0.6) is 0 Å². The van der Waals surface area contributed by atoms with Gasteiger partial charge in [0.2, 0.25) is 0 Å². The standard InChI is InChI=1S/C10H12ClFINO4S2/c1-3-20(17,18)6(2)14(19(15)16)8-5-4-7(12)10(13)9(8)11/h4-6H,3H2,1-2H3,(H,15,16)/p-1. The molecule has 20 heavy (non-hydrogen) atoms. The van der Waals surface area contributed by atoms with Gasteiger partial charge >= 0.3 is 0 Å². The summed E-state index contributed by atoms with van der Waals surface area (Å²) in [6, 6.07) is 2.17. The third-order valence-corrected chi connectivity index (χ3v) is 7.44. The summed E-state index contributed by atoms with van der Waals surface area (Å²) in [5, 5.41) is -1.47. The van der Waals surface area contributed by atoms with Gasteiger partial charge in [-0.2, -0.15) is 0 Å². The molecule has 0 N–H and O–H groups in total. The highest BCUT2D eigenvalue weighted by Gasteiger charge is 2.29. The number of halogens is 3. The predicted molar refractivity (Wildman–Crippen MR) is 84.4 cm³/mol. The average molecular weight is 455 g/mol. The van der Waals surface area contributed by atoms with Gasteiger partial charge in [-0.15, -0.1) is 0 Å². The van der Waals surface area contributed by atoms with Crippen LogP contribution in [-0.4, -0.2) is 28.3 Å². The van der Waals surface area contributed by atoms with Gasteiger partial charge < -0.3 is 4.55 Å². The Balaban J connectivity index is 3.44. The minimum absolute atomic E-state index is 0.0262. The summed E-state index contributed by atoms with van der Waals surface area (Å²) in [6.45, 7) is 2.65. The smallest absolute Gasteiger partial charge is 0.171 e. The van der Waals surface area contributed by atoms with Crippen molar-refractivity contribution in [2.24, 2.45) is 0 Å². The van der Waals surface area contributed by atoms with Gasteiger partial charge in [0.1, 0.15) is 11.2 Å². The number of hydrogen-bond donors (Lipinski definition) is 0. The first-order chi connectivity index (χ1) is 9.13. The van der Waals surface area contributed by atoms with Gasteiger partial charge in [-0.1, -0.05) is 18.5 Å². The van der Waals surface area contributed by atoms with E-state index in [1.807, 2.05) is 0 Å². The molecule has 0 fully saturated rings. The van der Waals surface area contributed by atoms with Crippen LogP contribution in [0.15, 0.2) is 12.1 Å². The van der Waals surface area contributed by atoms with Gasteiger partial charge in [-0.25, -0.2) is 12.8 Å². The monoisotopic (exact) mass is 454 g/mol. The topological polar surface area (TPSA) is 77.5 Å². The molecule has 0 aromatic heterocycles. The average Bonchev–Trinajstić information content (AvgIpc) is 2.38. The summed E-state index contributed by atoms with van der Waals surface area (Å²) in [5.74, 6) is -0.834. The van der Waals surface area contributed by atoms with Crippen LogP contribution in [0.4, 0.5) is 10.1 Å². The SMILES string of the molecule is CCS(=O)(=O)C(C)N(c1ccc(F)c(I)c1Cl)S(=O)[O-]. The summed E-state index contributed by atoms with van der Waals surface area (Å²) < 4.78 is 60.4. The molecule has 2 atom stereocenters. The highest BCUT2D eigenvalue weighted by molar-refractivity contribution is 14.1. The highest BCUT2D eigenvalue weighted by Crippen LogP contribution is 2.34. The second-order valence-corrected chi connectivity index (χ2v) is 8.66. The lowest BCUT2D eigenvalue weighted by atomic mass is 10.3. The number of rotatable bonds is 5. The molecule has 114 valence electrons. The van der Waals surface area contributed by atoms with E-state index < -0.39 is 32.3 Å². The molecule has 10 heteroatoms. The lowest BCUT2D eigenvalue weighted by molar-refractivity contribution is 0.527. The molecule has 0 saturated heterocycles. The van der Waals surface area contributed by atoms with Gasteiger partial charge in [-0.05, 0) is 41.6 Å². The summed E-state index contributed by atoms with van der Waals surface area (Å²) >= 11 is 4.67. The normalized spacial score (nSPS) is 14.9. The molecule has 0 aliphatic rings. The number of nitrogens with zero attached hydrogens (tertiary/aromatic N) is 1. The molecule has 0 radical (unpaired) electrons. The van der Waals surface area contributed by atoms with E-state index in [4.69, 9.17) is 11.6 Å². The highest BCUT2D eigenvalue weighted by atomic mass is 127. The zero-order valence-corrected chi connectivity index (χ0v) is 15.0. The van der Waals surface area contributed by atoms with Crippen LogP contribution in [0.1, 0.15) is 13.8 Å². The summed E-state index contributed by atoms with van der Waals surface area (Å²) in [7, 11) is -3.65. The van der Waals surface area contributed by atoms with Gasteiger partial charge in [0.25, 0.3) is 0 Å². The van der Waals surface area contributed by atoms with E-state index >= 15 is 0 Å². The van der Waals surface area contributed by atoms with E-state index in [1.165, 1.54) is 13.8 Å². The fourth-order valence-electron chi connectivity index (χ4n) is 1.47. The lowest BCUT2D eigenvalue weighted by Gasteiger charge is -2.32. The minimum Gasteiger partial charge on any atom is -0.755 e. The molecular weight excluding hydrogens is 444 g/mol. The Morgan fingerprint density at radius 2 is 2.10 bits per heavy atom. The number of benzene rings is 1. The van der Waals surface area contributed by atoms with Gasteiger partial charge in [0, 0.05) is 17.0 Å². The molecule has 0 aliphatic carbocycles. The van der Waals surface area contributed by atoms with Crippen molar-refractivity contribution < 1.29 is 21.6 Å². The maximum absolute atomic E-state index is 13.3. The maximum Gasteiger partial charge on any atom is 0.171 e. The van der Waals surface area contributed by atoms with Gasteiger partial charge in [0.15, 0.2) is 9.84 Å². The molecule has 0 aliphatic heterocycles. The van der Waals surface area contributed by atoms with E-state index in [0.717, 1.165) is 12.1 Å². The van der Waals surface area contributed by atoms with Crippen LogP contribution in [0, 0.1) is 9.39 Å². The first-order valence-electron chi connectivity index (χ1n) is 5.37.